The van der Waals surface area contributed by atoms with Crippen LogP contribution in [0.3, 0.4) is 0 Å². The monoisotopic (exact) mass is 353 g/mol. The van der Waals surface area contributed by atoms with E-state index in [2.05, 4.69) is 10.6 Å². The molecule has 0 aromatic heterocycles. The first-order chi connectivity index (χ1) is 12.5. The number of fused-ring (bicyclic) bond motifs is 1. The van der Waals surface area contributed by atoms with Gasteiger partial charge in [0.05, 0.1) is 0 Å². The molecule has 2 amide bonds. The highest BCUT2D eigenvalue weighted by Crippen LogP contribution is 2.28. The number of nitrogens with two attached hydrogens (primary N) is 1. The zero-order valence-electron chi connectivity index (χ0n) is 14.7. The topological polar surface area (TPSA) is 93.5 Å². The number of nitrogens with one attached hydrogen (secondary N) is 2. The third kappa shape index (κ3) is 4.40. The minimum atomic E-state index is -0.559. The molecule has 4 N–H and O–H groups in total. The minimum Gasteiger partial charge on any atom is -0.480 e. The van der Waals surface area contributed by atoms with Crippen molar-refractivity contribution in [1.29, 1.82) is 0 Å². The van der Waals surface area contributed by atoms with Crippen molar-refractivity contribution in [2.45, 2.75) is 31.9 Å². The normalized spacial score (nSPS) is 16.3. The lowest BCUT2D eigenvalue weighted by Crippen LogP contribution is -2.31. The molecule has 0 fully saturated rings. The Hall–Kier alpha value is -2.86. The van der Waals surface area contributed by atoms with E-state index in [1.807, 2.05) is 31.2 Å². The van der Waals surface area contributed by atoms with E-state index in [1.54, 1.807) is 24.3 Å². The molecule has 2 aromatic carbocycles. The maximum Gasteiger partial charge on any atom is 0.265 e. The van der Waals surface area contributed by atoms with Gasteiger partial charge in [-0.2, -0.15) is 0 Å². The maximum absolute atomic E-state index is 12.5. The van der Waals surface area contributed by atoms with Crippen molar-refractivity contribution in [2.75, 3.05) is 11.9 Å². The first kappa shape index (κ1) is 17.9. The molecular weight excluding hydrogens is 330 g/mol. The molecule has 0 aliphatic carbocycles. The third-order valence-corrected chi connectivity index (χ3v) is 4.22. The number of anilines is 1. The van der Waals surface area contributed by atoms with Crippen molar-refractivity contribution in [3.63, 3.8) is 0 Å². The van der Waals surface area contributed by atoms with Gasteiger partial charge >= 0.3 is 0 Å². The Kier molecular flexibility index (Phi) is 5.53. The molecule has 2 unspecified atom stereocenters. The first-order valence-electron chi connectivity index (χ1n) is 8.72. The van der Waals surface area contributed by atoms with Crippen molar-refractivity contribution in [1.82, 2.24) is 5.32 Å². The van der Waals surface area contributed by atoms with Gasteiger partial charge in [-0.15, -0.1) is 0 Å². The Balaban J connectivity index is 1.59. The van der Waals surface area contributed by atoms with Gasteiger partial charge in [-0.05, 0) is 43.2 Å². The van der Waals surface area contributed by atoms with Crippen LogP contribution in [0.4, 0.5) is 5.69 Å². The van der Waals surface area contributed by atoms with E-state index in [4.69, 9.17) is 10.5 Å². The quantitative estimate of drug-likeness (QED) is 0.741. The van der Waals surface area contributed by atoms with Crippen molar-refractivity contribution in [2.24, 2.45) is 5.73 Å². The summed E-state index contributed by atoms with van der Waals surface area (Å²) in [4.78, 5) is 24.6. The number of ether oxygens (including phenoxy) is 1. The highest BCUT2D eigenvalue weighted by Gasteiger charge is 2.28. The SMILES string of the molecule is CC(N)CCNC(=O)c1cccc(NC(=O)C2Cc3ccccc3O2)c1. The largest absolute Gasteiger partial charge is 0.480 e. The van der Waals surface area contributed by atoms with Gasteiger partial charge in [-0.1, -0.05) is 24.3 Å². The number of carbonyl (C=O) groups excluding carboxylic acids is 2. The lowest BCUT2D eigenvalue weighted by molar-refractivity contribution is -0.122. The van der Waals surface area contributed by atoms with Crippen LogP contribution < -0.4 is 21.1 Å². The maximum atomic E-state index is 12.5. The summed E-state index contributed by atoms with van der Waals surface area (Å²) in [7, 11) is 0. The number of rotatable bonds is 6. The molecule has 1 aliphatic rings. The summed E-state index contributed by atoms with van der Waals surface area (Å²) in [5.74, 6) is 0.330. The molecule has 0 saturated heterocycles. The van der Waals surface area contributed by atoms with Gasteiger partial charge in [0.15, 0.2) is 6.10 Å². The van der Waals surface area contributed by atoms with E-state index in [9.17, 15) is 9.59 Å². The molecule has 1 aliphatic heterocycles. The average molecular weight is 353 g/mol. The summed E-state index contributed by atoms with van der Waals surface area (Å²) < 4.78 is 5.69. The third-order valence-electron chi connectivity index (χ3n) is 4.22. The van der Waals surface area contributed by atoms with Gasteiger partial charge in [-0.3, -0.25) is 9.59 Å². The summed E-state index contributed by atoms with van der Waals surface area (Å²) in [6, 6.07) is 14.5. The van der Waals surface area contributed by atoms with Gasteiger partial charge in [-0.25, -0.2) is 0 Å². The fraction of sp³-hybridized carbons (Fsp3) is 0.300. The molecule has 2 atom stereocenters. The van der Waals surface area contributed by atoms with Crippen LogP contribution in [0.25, 0.3) is 0 Å². The number of hydrogen-bond acceptors (Lipinski definition) is 4. The Morgan fingerprint density at radius 3 is 2.81 bits per heavy atom. The van der Waals surface area contributed by atoms with E-state index in [0.717, 1.165) is 11.3 Å². The van der Waals surface area contributed by atoms with E-state index in [0.29, 0.717) is 30.6 Å². The Morgan fingerprint density at radius 1 is 1.23 bits per heavy atom. The smallest absolute Gasteiger partial charge is 0.265 e. The average Bonchev–Trinajstić information content (AvgIpc) is 3.06. The van der Waals surface area contributed by atoms with Crippen LogP contribution in [0, 0.1) is 0 Å². The second-order valence-corrected chi connectivity index (χ2v) is 6.51. The van der Waals surface area contributed by atoms with Crippen LogP contribution in [0.2, 0.25) is 0 Å². The predicted octanol–water partition coefficient (Wildman–Crippen LogP) is 2.10. The Bertz CT molecular complexity index is 779. The summed E-state index contributed by atoms with van der Waals surface area (Å²) in [5, 5.41) is 5.65. The Labute approximate surface area is 152 Å². The van der Waals surface area contributed by atoms with Gasteiger partial charge in [0.2, 0.25) is 0 Å². The van der Waals surface area contributed by atoms with E-state index < -0.39 is 6.10 Å². The van der Waals surface area contributed by atoms with Crippen LogP contribution in [-0.2, 0) is 11.2 Å². The second-order valence-electron chi connectivity index (χ2n) is 6.51. The number of benzene rings is 2. The highest BCUT2D eigenvalue weighted by molar-refractivity contribution is 5.98. The first-order valence-corrected chi connectivity index (χ1v) is 8.72. The van der Waals surface area contributed by atoms with Crippen LogP contribution in [-0.4, -0.2) is 30.5 Å². The van der Waals surface area contributed by atoms with Crippen LogP contribution in [0.5, 0.6) is 5.75 Å². The molecule has 0 saturated carbocycles. The summed E-state index contributed by atoms with van der Waals surface area (Å²) >= 11 is 0. The van der Waals surface area contributed by atoms with E-state index in [1.165, 1.54) is 0 Å². The molecule has 26 heavy (non-hydrogen) atoms. The molecule has 136 valence electrons. The van der Waals surface area contributed by atoms with Crippen molar-refractivity contribution < 1.29 is 14.3 Å². The molecule has 2 aromatic rings. The molecule has 0 spiro atoms. The van der Waals surface area contributed by atoms with Crippen LogP contribution >= 0.6 is 0 Å². The lowest BCUT2D eigenvalue weighted by atomic mass is 10.1. The van der Waals surface area contributed by atoms with Gasteiger partial charge in [0.1, 0.15) is 5.75 Å². The van der Waals surface area contributed by atoms with Crippen molar-refractivity contribution in [3.8, 4) is 5.75 Å². The fourth-order valence-electron chi connectivity index (χ4n) is 2.80. The molecular formula is C20H23N3O3. The van der Waals surface area contributed by atoms with Gasteiger partial charge in [0, 0.05) is 30.3 Å². The predicted molar refractivity (Wildman–Crippen MR) is 100 cm³/mol. The molecule has 6 nitrogen and oxygen atoms in total. The summed E-state index contributed by atoms with van der Waals surface area (Å²) in [6.45, 7) is 2.41. The lowest BCUT2D eigenvalue weighted by Gasteiger charge is -2.12. The van der Waals surface area contributed by atoms with E-state index in [-0.39, 0.29) is 17.9 Å². The number of para-hydroxylation sites is 1. The zero-order valence-corrected chi connectivity index (χ0v) is 14.7. The highest BCUT2D eigenvalue weighted by atomic mass is 16.5. The van der Waals surface area contributed by atoms with Crippen LogP contribution in [0.1, 0.15) is 29.3 Å². The fourth-order valence-corrected chi connectivity index (χ4v) is 2.80. The molecule has 6 heteroatoms. The molecule has 3 rings (SSSR count). The number of hydrogen-bond donors (Lipinski definition) is 3. The second kappa shape index (κ2) is 8.01. The minimum absolute atomic E-state index is 0.0384. The zero-order chi connectivity index (χ0) is 18.5. The number of carbonyl (C=O) groups is 2. The standard InChI is InChI=1S/C20H23N3O3/c1-13(21)9-10-22-19(24)15-6-4-7-16(11-15)23-20(25)18-12-14-5-2-3-8-17(14)26-18/h2-8,11,13,18H,9-10,12,21H2,1H3,(H,22,24)(H,23,25). The number of amides is 2. The summed E-state index contributed by atoms with van der Waals surface area (Å²) in [6.07, 6.45) is 0.692. The molecule has 0 bridgehead atoms. The molecule has 1 heterocycles. The summed E-state index contributed by atoms with van der Waals surface area (Å²) in [5.41, 5.74) is 7.75. The Morgan fingerprint density at radius 2 is 2.04 bits per heavy atom. The molecule has 0 radical (unpaired) electrons. The van der Waals surface area contributed by atoms with Crippen molar-refractivity contribution in [3.05, 3.63) is 59.7 Å². The van der Waals surface area contributed by atoms with Gasteiger partial charge < -0.3 is 21.1 Å². The van der Waals surface area contributed by atoms with E-state index >= 15 is 0 Å². The van der Waals surface area contributed by atoms with Crippen LogP contribution in [0.15, 0.2) is 48.5 Å². The van der Waals surface area contributed by atoms with Gasteiger partial charge in [0.25, 0.3) is 11.8 Å². The van der Waals surface area contributed by atoms with Crippen molar-refractivity contribution >= 4 is 17.5 Å².